The molecule has 0 aliphatic rings. The SMILES string of the molecule is COc1ncc(-c2ccc3nc(N)c(-c4cccc(S(N)(=O)=O)c4)cc3c2)cc1NS(=O)(=O)c1ccc(F)cc1F. The number of fused-ring (bicyclic) bond motifs is 1. The zero-order chi connectivity index (χ0) is 29.5. The van der Waals surface area contributed by atoms with Gasteiger partial charge in [0.25, 0.3) is 10.0 Å². The molecule has 0 aliphatic heterocycles. The monoisotopic (exact) mass is 597 g/mol. The first kappa shape index (κ1) is 27.9. The van der Waals surface area contributed by atoms with Gasteiger partial charge in [-0.05, 0) is 59.7 Å². The molecule has 41 heavy (non-hydrogen) atoms. The van der Waals surface area contributed by atoms with Crippen LogP contribution in [0.5, 0.6) is 5.88 Å². The van der Waals surface area contributed by atoms with E-state index in [1.807, 2.05) is 0 Å². The zero-order valence-electron chi connectivity index (χ0n) is 21.2. The Hall–Kier alpha value is -4.66. The van der Waals surface area contributed by atoms with Crippen molar-refractivity contribution in [2.24, 2.45) is 5.14 Å². The average Bonchev–Trinajstić information content (AvgIpc) is 2.91. The van der Waals surface area contributed by atoms with E-state index < -0.39 is 36.6 Å². The fraction of sp³-hybridized carbons (Fsp3) is 0.0370. The number of hydrogen-bond donors (Lipinski definition) is 3. The molecule has 10 nitrogen and oxygen atoms in total. The number of ether oxygens (including phenoxy) is 1. The van der Waals surface area contributed by atoms with E-state index in [0.717, 1.165) is 12.1 Å². The molecule has 2 heterocycles. The molecule has 0 amide bonds. The average molecular weight is 598 g/mol. The van der Waals surface area contributed by atoms with Crippen molar-refractivity contribution in [3.63, 3.8) is 0 Å². The molecule has 0 aliphatic carbocycles. The Bertz CT molecular complexity index is 2060. The number of halogens is 2. The fourth-order valence-corrected chi connectivity index (χ4v) is 5.85. The lowest BCUT2D eigenvalue weighted by Gasteiger charge is -2.14. The highest BCUT2D eigenvalue weighted by atomic mass is 32.2. The second-order valence-electron chi connectivity index (χ2n) is 8.86. The Morgan fingerprint density at radius 3 is 2.37 bits per heavy atom. The summed E-state index contributed by atoms with van der Waals surface area (Å²) in [6.07, 6.45) is 1.46. The number of hydrogen-bond acceptors (Lipinski definition) is 8. The first-order chi connectivity index (χ1) is 19.4. The van der Waals surface area contributed by atoms with Crippen LogP contribution in [0.25, 0.3) is 33.2 Å². The molecule has 0 unspecified atom stereocenters. The molecule has 0 bridgehead atoms. The van der Waals surface area contributed by atoms with E-state index in [-0.39, 0.29) is 22.3 Å². The molecule has 0 radical (unpaired) electrons. The van der Waals surface area contributed by atoms with E-state index in [1.54, 1.807) is 36.4 Å². The number of pyridine rings is 2. The molecule has 3 aromatic carbocycles. The second-order valence-corrected chi connectivity index (χ2v) is 12.1. The van der Waals surface area contributed by atoms with Crippen molar-refractivity contribution in [1.29, 1.82) is 0 Å². The van der Waals surface area contributed by atoms with Gasteiger partial charge in [-0.1, -0.05) is 18.2 Å². The molecule has 14 heteroatoms. The fourth-order valence-electron chi connectivity index (χ4n) is 4.18. The first-order valence-electron chi connectivity index (χ1n) is 11.7. The Labute approximate surface area is 233 Å². The summed E-state index contributed by atoms with van der Waals surface area (Å²) in [5.41, 5.74) is 8.69. The number of primary sulfonamides is 1. The Kier molecular flexibility index (Phi) is 7.07. The molecule has 2 aromatic heterocycles. The van der Waals surface area contributed by atoms with Crippen LogP contribution in [0.1, 0.15) is 0 Å². The Morgan fingerprint density at radius 2 is 1.66 bits per heavy atom. The zero-order valence-corrected chi connectivity index (χ0v) is 22.8. The van der Waals surface area contributed by atoms with Gasteiger partial charge >= 0.3 is 0 Å². The van der Waals surface area contributed by atoms with Crippen molar-refractivity contribution in [3.8, 4) is 28.1 Å². The van der Waals surface area contributed by atoms with Crippen molar-refractivity contribution in [3.05, 3.63) is 90.6 Å². The van der Waals surface area contributed by atoms with Gasteiger partial charge in [0, 0.05) is 28.8 Å². The summed E-state index contributed by atoms with van der Waals surface area (Å²) in [5, 5.41) is 5.91. The van der Waals surface area contributed by atoms with E-state index in [2.05, 4.69) is 14.7 Å². The van der Waals surface area contributed by atoms with E-state index in [4.69, 9.17) is 15.6 Å². The summed E-state index contributed by atoms with van der Waals surface area (Å²) in [5.74, 6) is -2.08. The lowest BCUT2D eigenvalue weighted by Crippen LogP contribution is -2.15. The van der Waals surface area contributed by atoms with Crippen LogP contribution in [0.2, 0.25) is 0 Å². The largest absolute Gasteiger partial charge is 0.480 e. The highest BCUT2D eigenvalue weighted by molar-refractivity contribution is 7.92. The van der Waals surface area contributed by atoms with Gasteiger partial charge in [0.15, 0.2) is 0 Å². The highest BCUT2D eigenvalue weighted by Crippen LogP contribution is 2.34. The van der Waals surface area contributed by atoms with Gasteiger partial charge in [-0.2, -0.15) is 0 Å². The molecular formula is C27H21F2N5O5S2. The number of anilines is 2. The number of nitrogens with zero attached hydrogens (tertiary/aromatic N) is 2. The van der Waals surface area contributed by atoms with Crippen molar-refractivity contribution in [2.45, 2.75) is 9.79 Å². The number of methoxy groups -OCH3 is 1. The number of nitrogens with two attached hydrogens (primary N) is 2. The molecule has 210 valence electrons. The Morgan fingerprint density at radius 1 is 0.878 bits per heavy atom. The lowest BCUT2D eigenvalue weighted by atomic mass is 10.0. The molecular weight excluding hydrogens is 576 g/mol. The van der Waals surface area contributed by atoms with E-state index in [0.29, 0.717) is 39.2 Å². The summed E-state index contributed by atoms with van der Waals surface area (Å²) in [6, 6.07) is 16.5. The van der Waals surface area contributed by atoms with Crippen LogP contribution in [0.4, 0.5) is 20.3 Å². The third-order valence-electron chi connectivity index (χ3n) is 6.12. The maximum atomic E-state index is 14.2. The molecule has 0 saturated heterocycles. The topological polar surface area (TPSA) is 167 Å². The summed E-state index contributed by atoms with van der Waals surface area (Å²) in [4.78, 5) is 7.77. The number of nitrogens with one attached hydrogen (secondary N) is 1. The maximum Gasteiger partial charge on any atom is 0.264 e. The number of benzene rings is 3. The van der Waals surface area contributed by atoms with Gasteiger partial charge in [0.05, 0.1) is 17.5 Å². The van der Waals surface area contributed by atoms with Crippen molar-refractivity contribution >= 4 is 42.5 Å². The van der Waals surface area contributed by atoms with E-state index in [1.165, 1.54) is 31.5 Å². The minimum absolute atomic E-state index is 0.0768. The Balaban J connectivity index is 1.56. The minimum Gasteiger partial charge on any atom is -0.480 e. The van der Waals surface area contributed by atoms with Crippen LogP contribution < -0.4 is 20.3 Å². The van der Waals surface area contributed by atoms with Crippen LogP contribution >= 0.6 is 0 Å². The predicted octanol–water partition coefficient (Wildman–Crippen LogP) is 4.28. The normalized spacial score (nSPS) is 11.9. The van der Waals surface area contributed by atoms with E-state index >= 15 is 0 Å². The quantitative estimate of drug-likeness (QED) is 0.250. The first-order valence-corrected chi connectivity index (χ1v) is 14.7. The number of aromatic nitrogens is 2. The summed E-state index contributed by atoms with van der Waals surface area (Å²) in [7, 11) is -7.12. The van der Waals surface area contributed by atoms with Crippen LogP contribution in [0.15, 0.2) is 88.8 Å². The van der Waals surface area contributed by atoms with Crippen LogP contribution in [0.3, 0.4) is 0 Å². The van der Waals surface area contributed by atoms with Gasteiger partial charge in [-0.25, -0.2) is 40.7 Å². The van der Waals surface area contributed by atoms with Gasteiger partial charge in [-0.3, -0.25) is 4.72 Å². The molecule has 0 fully saturated rings. The van der Waals surface area contributed by atoms with Crippen molar-refractivity contribution < 1.29 is 30.4 Å². The van der Waals surface area contributed by atoms with E-state index in [9.17, 15) is 25.6 Å². The van der Waals surface area contributed by atoms with Crippen LogP contribution in [-0.4, -0.2) is 33.9 Å². The summed E-state index contributed by atoms with van der Waals surface area (Å²) < 4.78 is 84.4. The van der Waals surface area contributed by atoms with Crippen molar-refractivity contribution in [1.82, 2.24) is 9.97 Å². The number of sulfonamides is 2. The van der Waals surface area contributed by atoms with Crippen LogP contribution in [0, 0.1) is 11.6 Å². The second kappa shape index (κ2) is 10.4. The summed E-state index contributed by atoms with van der Waals surface area (Å²) >= 11 is 0. The maximum absolute atomic E-state index is 14.2. The predicted molar refractivity (Wildman–Crippen MR) is 150 cm³/mol. The van der Waals surface area contributed by atoms with Gasteiger partial charge in [0.2, 0.25) is 15.9 Å². The van der Waals surface area contributed by atoms with Gasteiger partial charge < -0.3 is 10.5 Å². The molecule has 5 N–H and O–H groups in total. The number of nitrogen functional groups attached to an aromatic ring is 1. The standard InChI is InChI=1S/C27H21F2N5O5S2/c1-39-27-24(34-41(37,38)25-8-6-19(28)13-22(25)29)12-18(14-32-27)15-5-7-23-17(9-15)11-21(26(30)33-23)16-3-2-4-20(10-16)40(31,35)36/h2-14,34H,1H3,(H2,30,33)(H2,31,35,36). The van der Waals surface area contributed by atoms with Crippen molar-refractivity contribution in [2.75, 3.05) is 17.6 Å². The lowest BCUT2D eigenvalue weighted by molar-refractivity contribution is 0.400. The smallest absolute Gasteiger partial charge is 0.264 e. The third-order valence-corrected chi connectivity index (χ3v) is 8.43. The third kappa shape index (κ3) is 5.66. The molecule has 5 rings (SSSR count). The van der Waals surface area contributed by atoms with Gasteiger partial charge in [0.1, 0.15) is 28.0 Å². The van der Waals surface area contributed by atoms with Gasteiger partial charge in [-0.15, -0.1) is 0 Å². The molecule has 0 atom stereocenters. The molecule has 0 spiro atoms. The number of rotatable bonds is 7. The highest BCUT2D eigenvalue weighted by Gasteiger charge is 2.22. The minimum atomic E-state index is -4.47. The molecule has 0 saturated carbocycles. The molecule has 5 aromatic rings. The summed E-state index contributed by atoms with van der Waals surface area (Å²) in [6.45, 7) is 0. The van der Waals surface area contributed by atoms with Crippen LogP contribution in [-0.2, 0) is 20.0 Å².